The number of nitrogens with zero attached hydrogens (tertiary/aromatic N) is 2. The molecule has 0 spiro atoms. The first-order valence-corrected chi connectivity index (χ1v) is 11.6. The van der Waals surface area contributed by atoms with E-state index in [0.29, 0.717) is 5.89 Å². The van der Waals surface area contributed by atoms with Crippen molar-refractivity contribution < 1.29 is 18.7 Å². The predicted octanol–water partition coefficient (Wildman–Crippen LogP) is 4.94. The van der Waals surface area contributed by atoms with Gasteiger partial charge in [0.15, 0.2) is 6.10 Å². The van der Waals surface area contributed by atoms with E-state index in [4.69, 9.17) is 9.15 Å². The number of thiophene rings is 1. The molecule has 2 aromatic carbocycles. The first-order chi connectivity index (χ1) is 15.9. The van der Waals surface area contributed by atoms with E-state index >= 15 is 0 Å². The first kappa shape index (κ1) is 22.7. The van der Waals surface area contributed by atoms with Crippen LogP contribution >= 0.6 is 11.3 Å². The van der Waals surface area contributed by atoms with Crippen LogP contribution in [0.2, 0.25) is 0 Å². The molecular formula is C25H25N3O4S. The second-order valence-electron chi connectivity index (χ2n) is 8.11. The van der Waals surface area contributed by atoms with Crippen molar-refractivity contribution in [1.82, 2.24) is 15.5 Å². The number of carbonyl (C=O) groups is 2. The third kappa shape index (κ3) is 5.28. The molecule has 1 amide bonds. The molecule has 0 saturated heterocycles. The molecule has 8 heteroatoms. The lowest BCUT2D eigenvalue weighted by atomic mass is 10.0. The summed E-state index contributed by atoms with van der Waals surface area (Å²) in [6.45, 7) is 5.38. The Bertz CT molecular complexity index is 1240. The van der Waals surface area contributed by atoms with E-state index in [9.17, 15) is 9.59 Å². The maximum Gasteiger partial charge on any atom is 0.329 e. The van der Waals surface area contributed by atoms with Crippen molar-refractivity contribution in [2.24, 2.45) is 5.92 Å². The highest BCUT2D eigenvalue weighted by Crippen LogP contribution is 2.26. The quantitative estimate of drug-likeness (QED) is 0.372. The van der Waals surface area contributed by atoms with Gasteiger partial charge in [-0.1, -0.05) is 62.4 Å². The van der Waals surface area contributed by atoms with Crippen LogP contribution in [0.15, 0.2) is 64.4 Å². The third-order valence-electron chi connectivity index (χ3n) is 5.28. The van der Waals surface area contributed by atoms with E-state index in [2.05, 4.69) is 15.5 Å². The molecule has 0 aliphatic carbocycles. The second-order valence-corrected chi connectivity index (χ2v) is 9.05. The van der Waals surface area contributed by atoms with Crippen LogP contribution in [0.3, 0.4) is 0 Å². The normalized spacial score (nSPS) is 13.1. The van der Waals surface area contributed by atoms with Gasteiger partial charge < -0.3 is 14.5 Å². The molecule has 4 rings (SSSR count). The number of nitrogens with one attached hydrogen (secondary N) is 1. The minimum Gasteiger partial charge on any atom is -0.451 e. The summed E-state index contributed by atoms with van der Waals surface area (Å²) in [5.41, 5.74) is 0.904. The topological polar surface area (TPSA) is 94.3 Å². The smallest absolute Gasteiger partial charge is 0.329 e. The highest BCUT2D eigenvalue weighted by Gasteiger charge is 2.29. The molecule has 0 aliphatic heterocycles. The molecule has 170 valence electrons. The summed E-state index contributed by atoms with van der Waals surface area (Å²) in [5, 5.41) is 14.9. The van der Waals surface area contributed by atoms with Gasteiger partial charge in [-0.05, 0) is 40.6 Å². The molecule has 0 unspecified atom stereocenters. The SMILES string of the molecule is CC(C)[C@H](NC(=O)Cc1cccc2ccccc12)C(=O)O[C@H](C)c1nnc(-c2cccs2)o1. The molecular weight excluding hydrogens is 438 g/mol. The van der Waals surface area contributed by atoms with Gasteiger partial charge in [-0.15, -0.1) is 21.5 Å². The monoisotopic (exact) mass is 463 g/mol. The van der Waals surface area contributed by atoms with Crippen molar-refractivity contribution >= 4 is 34.0 Å². The van der Waals surface area contributed by atoms with Crippen molar-refractivity contribution in [3.8, 4) is 10.8 Å². The van der Waals surface area contributed by atoms with Gasteiger partial charge in [-0.2, -0.15) is 0 Å². The Hall–Kier alpha value is -3.52. The van der Waals surface area contributed by atoms with Crippen molar-refractivity contribution in [2.45, 2.75) is 39.3 Å². The summed E-state index contributed by atoms with van der Waals surface area (Å²) in [4.78, 5) is 26.5. The molecule has 0 radical (unpaired) electrons. The number of rotatable bonds is 8. The van der Waals surface area contributed by atoms with E-state index in [-0.39, 0.29) is 24.1 Å². The van der Waals surface area contributed by atoms with Gasteiger partial charge in [0.1, 0.15) is 6.04 Å². The van der Waals surface area contributed by atoms with Crippen LogP contribution in [-0.4, -0.2) is 28.1 Å². The van der Waals surface area contributed by atoms with Gasteiger partial charge in [0.05, 0.1) is 11.3 Å². The second kappa shape index (κ2) is 9.95. The number of esters is 1. The molecule has 0 saturated carbocycles. The van der Waals surface area contributed by atoms with Crippen LogP contribution in [-0.2, 0) is 20.7 Å². The van der Waals surface area contributed by atoms with Crippen LogP contribution in [0.4, 0.5) is 0 Å². The average Bonchev–Trinajstić information content (AvgIpc) is 3.49. The number of amides is 1. The molecule has 2 heterocycles. The van der Waals surface area contributed by atoms with Gasteiger partial charge in [-0.3, -0.25) is 4.79 Å². The van der Waals surface area contributed by atoms with Crippen LogP contribution in [0.1, 0.15) is 38.3 Å². The summed E-state index contributed by atoms with van der Waals surface area (Å²) in [6, 6.07) is 16.7. The fraction of sp³-hybridized carbons (Fsp3) is 0.280. The Balaban J connectivity index is 1.41. The zero-order valence-corrected chi connectivity index (χ0v) is 19.5. The van der Waals surface area contributed by atoms with E-state index in [1.54, 1.807) is 6.92 Å². The minimum absolute atomic E-state index is 0.162. The highest BCUT2D eigenvalue weighted by atomic mass is 32.1. The summed E-state index contributed by atoms with van der Waals surface area (Å²) in [7, 11) is 0. The lowest BCUT2D eigenvalue weighted by molar-refractivity contribution is -0.154. The summed E-state index contributed by atoms with van der Waals surface area (Å²) in [5.74, 6) is -0.361. The summed E-state index contributed by atoms with van der Waals surface area (Å²) in [6.07, 6.45) is -0.573. The number of benzene rings is 2. The van der Waals surface area contributed by atoms with Crippen LogP contribution in [0, 0.1) is 5.92 Å². The summed E-state index contributed by atoms with van der Waals surface area (Å²) >= 11 is 1.48. The van der Waals surface area contributed by atoms with Crippen molar-refractivity contribution in [2.75, 3.05) is 0 Å². The number of aromatic nitrogens is 2. The van der Waals surface area contributed by atoms with Gasteiger partial charge in [-0.25, -0.2) is 4.79 Å². The fourth-order valence-corrected chi connectivity index (χ4v) is 4.18. The van der Waals surface area contributed by atoms with E-state index in [0.717, 1.165) is 21.2 Å². The zero-order chi connectivity index (χ0) is 23.4. The number of hydrogen-bond acceptors (Lipinski definition) is 7. The molecule has 0 bridgehead atoms. The van der Waals surface area contributed by atoms with E-state index in [1.165, 1.54) is 11.3 Å². The van der Waals surface area contributed by atoms with E-state index in [1.807, 2.05) is 73.8 Å². The number of carbonyl (C=O) groups excluding carboxylic acids is 2. The Morgan fingerprint density at radius 3 is 2.58 bits per heavy atom. The highest BCUT2D eigenvalue weighted by molar-refractivity contribution is 7.13. The van der Waals surface area contributed by atoms with Gasteiger partial charge >= 0.3 is 5.97 Å². The molecule has 1 N–H and O–H groups in total. The van der Waals surface area contributed by atoms with Crippen LogP contribution in [0.5, 0.6) is 0 Å². The van der Waals surface area contributed by atoms with Crippen molar-refractivity contribution in [3.63, 3.8) is 0 Å². The zero-order valence-electron chi connectivity index (χ0n) is 18.6. The minimum atomic E-state index is -0.797. The molecule has 0 aliphatic rings. The maximum atomic E-state index is 12.9. The average molecular weight is 464 g/mol. The van der Waals surface area contributed by atoms with Crippen molar-refractivity contribution in [1.29, 1.82) is 0 Å². The molecule has 2 aromatic heterocycles. The maximum absolute atomic E-state index is 12.9. The largest absolute Gasteiger partial charge is 0.451 e. The number of ether oxygens (including phenoxy) is 1. The van der Waals surface area contributed by atoms with Gasteiger partial charge in [0, 0.05) is 0 Å². The lowest BCUT2D eigenvalue weighted by Gasteiger charge is -2.22. The Labute approximate surface area is 195 Å². The number of fused-ring (bicyclic) bond motifs is 1. The molecule has 33 heavy (non-hydrogen) atoms. The van der Waals surface area contributed by atoms with Gasteiger partial charge in [0.25, 0.3) is 11.8 Å². The first-order valence-electron chi connectivity index (χ1n) is 10.8. The summed E-state index contributed by atoms with van der Waals surface area (Å²) < 4.78 is 11.2. The van der Waals surface area contributed by atoms with Crippen LogP contribution in [0.25, 0.3) is 21.5 Å². The lowest BCUT2D eigenvalue weighted by Crippen LogP contribution is -2.46. The Morgan fingerprint density at radius 2 is 1.82 bits per heavy atom. The molecule has 2 atom stereocenters. The van der Waals surface area contributed by atoms with Gasteiger partial charge in [0.2, 0.25) is 5.91 Å². The van der Waals surface area contributed by atoms with Crippen molar-refractivity contribution in [3.05, 3.63) is 71.4 Å². The number of hydrogen-bond donors (Lipinski definition) is 1. The molecule has 7 nitrogen and oxygen atoms in total. The Morgan fingerprint density at radius 1 is 1.03 bits per heavy atom. The predicted molar refractivity (Wildman–Crippen MR) is 127 cm³/mol. The fourth-order valence-electron chi connectivity index (χ4n) is 3.54. The molecule has 4 aromatic rings. The standard InChI is InChI=1S/C25H25N3O4S/c1-15(2)22(26-21(29)14-18-10-6-9-17-8-4-5-11-19(17)18)25(30)31-16(3)23-27-28-24(32-23)20-12-7-13-33-20/h4-13,15-16,22H,14H2,1-3H3,(H,26,29)/t16-,22+/m1/s1. The van der Waals surface area contributed by atoms with Crippen LogP contribution < -0.4 is 5.32 Å². The third-order valence-corrected chi connectivity index (χ3v) is 6.14. The molecule has 0 fully saturated rings. The Kier molecular flexibility index (Phi) is 6.84. The van der Waals surface area contributed by atoms with E-state index < -0.39 is 18.1 Å².